The molecule has 0 bridgehead atoms. The molecule has 1 aromatic heterocycles. The van der Waals surface area contributed by atoms with Gasteiger partial charge < -0.3 is 21.5 Å². The number of carbonyl (C=O) groups is 1. The van der Waals surface area contributed by atoms with Crippen LogP contribution in [0.15, 0.2) is 60.7 Å². The molecular weight excluding hydrogens is 323 g/mol. The molecule has 0 aliphatic rings. The first-order chi connectivity index (χ1) is 12.0. The largest absolute Gasteiger partial charge is 0.506 e. The molecule has 25 heavy (non-hydrogen) atoms. The van der Waals surface area contributed by atoms with E-state index >= 15 is 0 Å². The molecule has 0 atom stereocenters. The van der Waals surface area contributed by atoms with Crippen LogP contribution < -0.4 is 16.4 Å². The molecule has 0 fully saturated rings. The Labute approximate surface area is 143 Å². The molecule has 0 spiro atoms. The van der Waals surface area contributed by atoms with E-state index in [1.54, 1.807) is 24.3 Å². The third kappa shape index (κ3) is 4.03. The van der Waals surface area contributed by atoms with Gasteiger partial charge in [-0.3, -0.25) is 4.79 Å². The van der Waals surface area contributed by atoms with E-state index in [0.717, 1.165) is 6.07 Å². The Kier molecular flexibility index (Phi) is 4.47. The number of pyridine rings is 1. The molecule has 0 saturated carbocycles. The summed E-state index contributed by atoms with van der Waals surface area (Å²) in [4.78, 5) is 16.3. The number of aromatic hydroxyl groups is 1. The van der Waals surface area contributed by atoms with E-state index in [2.05, 4.69) is 15.6 Å². The zero-order valence-corrected chi connectivity index (χ0v) is 13.0. The number of nitrogens with two attached hydrogens (primary N) is 1. The number of hydrogen-bond donors (Lipinski definition) is 4. The standard InChI is InChI=1S/C18H15FN4O2/c19-11-6-7-14(16(24)8-11)21-13-9-15(23-17(20)10-13)18(25)22-12-4-2-1-3-5-12/h1-10,24H,(H,22,25)(H3,20,21,23). The topological polar surface area (TPSA) is 100 Å². The summed E-state index contributed by atoms with van der Waals surface area (Å²) in [5, 5.41) is 15.4. The fraction of sp³-hybridized carbons (Fsp3) is 0. The van der Waals surface area contributed by atoms with Gasteiger partial charge >= 0.3 is 0 Å². The Morgan fingerprint density at radius 2 is 1.80 bits per heavy atom. The predicted octanol–water partition coefficient (Wildman–Crippen LogP) is 3.50. The maximum Gasteiger partial charge on any atom is 0.274 e. The van der Waals surface area contributed by atoms with Crippen molar-refractivity contribution >= 4 is 28.8 Å². The van der Waals surface area contributed by atoms with E-state index in [9.17, 15) is 14.3 Å². The lowest BCUT2D eigenvalue weighted by Crippen LogP contribution is -2.14. The SMILES string of the molecule is Nc1cc(Nc2ccc(F)cc2O)cc(C(=O)Nc2ccccc2)n1. The van der Waals surface area contributed by atoms with Crippen LogP contribution in [0.3, 0.4) is 0 Å². The minimum atomic E-state index is -0.555. The molecule has 6 nitrogen and oxygen atoms in total. The van der Waals surface area contributed by atoms with E-state index in [0.29, 0.717) is 11.4 Å². The van der Waals surface area contributed by atoms with Gasteiger partial charge in [0.2, 0.25) is 0 Å². The molecule has 5 N–H and O–H groups in total. The number of hydrogen-bond acceptors (Lipinski definition) is 5. The molecule has 3 rings (SSSR count). The van der Waals surface area contributed by atoms with Crippen LogP contribution in [-0.4, -0.2) is 16.0 Å². The first-order valence-corrected chi connectivity index (χ1v) is 7.41. The van der Waals surface area contributed by atoms with E-state index in [1.807, 2.05) is 6.07 Å². The summed E-state index contributed by atoms with van der Waals surface area (Å²) < 4.78 is 13.1. The van der Waals surface area contributed by atoms with Gasteiger partial charge in [0.25, 0.3) is 5.91 Å². The summed E-state index contributed by atoms with van der Waals surface area (Å²) in [5.74, 6) is -1.11. The molecule has 0 aliphatic heterocycles. The van der Waals surface area contributed by atoms with Crippen molar-refractivity contribution in [1.29, 1.82) is 0 Å². The number of nitrogen functional groups attached to an aromatic ring is 1. The highest BCUT2D eigenvalue weighted by atomic mass is 19.1. The van der Waals surface area contributed by atoms with Crippen LogP contribution in [0.5, 0.6) is 5.75 Å². The van der Waals surface area contributed by atoms with Gasteiger partial charge in [-0.05, 0) is 30.3 Å². The summed E-state index contributed by atoms with van der Waals surface area (Å²) in [6.07, 6.45) is 0. The van der Waals surface area contributed by atoms with Crippen molar-refractivity contribution in [1.82, 2.24) is 4.98 Å². The van der Waals surface area contributed by atoms with Crippen molar-refractivity contribution in [3.8, 4) is 5.75 Å². The Morgan fingerprint density at radius 3 is 2.52 bits per heavy atom. The number of halogens is 1. The second-order valence-electron chi connectivity index (χ2n) is 5.27. The Bertz CT molecular complexity index is 916. The second-order valence-corrected chi connectivity index (χ2v) is 5.27. The van der Waals surface area contributed by atoms with Gasteiger partial charge in [-0.25, -0.2) is 9.37 Å². The fourth-order valence-electron chi connectivity index (χ4n) is 2.22. The van der Waals surface area contributed by atoms with E-state index < -0.39 is 11.7 Å². The van der Waals surface area contributed by atoms with Gasteiger partial charge in [0.1, 0.15) is 23.1 Å². The molecular formula is C18H15FN4O2. The van der Waals surface area contributed by atoms with E-state index in [1.165, 1.54) is 24.3 Å². The number of nitrogens with zero attached hydrogens (tertiary/aromatic N) is 1. The van der Waals surface area contributed by atoms with Gasteiger partial charge in [0.05, 0.1) is 5.69 Å². The lowest BCUT2D eigenvalue weighted by Gasteiger charge is -2.11. The number of carbonyl (C=O) groups excluding carboxylic acids is 1. The summed E-state index contributed by atoms with van der Waals surface area (Å²) in [6, 6.07) is 15.5. The van der Waals surface area contributed by atoms with Crippen LogP contribution in [0.2, 0.25) is 0 Å². The van der Waals surface area contributed by atoms with Crippen LogP contribution in [0.1, 0.15) is 10.5 Å². The van der Waals surface area contributed by atoms with Crippen LogP contribution in [0.4, 0.5) is 27.3 Å². The minimum absolute atomic E-state index is 0.105. The molecule has 2 aromatic carbocycles. The zero-order chi connectivity index (χ0) is 17.8. The zero-order valence-electron chi connectivity index (χ0n) is 13.0. The highest BCUT2D eigenvalue weighted by Crippen LogP contribution is 2.28. The molecule has 3 aromatic rings. The monoisotopic (exact) mass is 338 g/mol. The third-order valence-corrected chi connectivity index (χ3v) is 3.35. The normalized spacial score (nSPS) is 10.3. The summed E-state index contributed by atoms with van der Waals surface area (Å²) in [5.41, 5.74) is 7.20. The maximum absolute atomic E-state index is 13.1. The van der Waals surface area contributed by atoms with E-state index in [-0.39, 0.29) is 22.9 Å². The highest BCUT2D eigenvalue weighted by Gasteiger charge is 2.11. The van der Waals surface area contributed by atoms with Crippen molar-refractivity contribution < 1.29 is 14.3 Å². The van der Waals surface area contributed by atoms with Gasteiger partial charge in [0, 0.05) is 23.5 Å². The first-order valence-electron chi connectivity index (χ1n) is 7.41. The van der Waals surface area contributed by atoms with Gasteiger partial charge in [-0.1, -0.05) is 18.2 Å². The van der Waals surface area contributed by atoms with Crippen LogP contribution >= 0.6 is 0 Å². The Balaban J connectivity index is 1.84. The lowest BCUT2D eigenvalue weighted by atomic mass is 10.2. The first kappa shape index (κ1) is 16.3. The molecule has 0 radical (unpaired) electrons. The average Bonchev–Trinajstić information content (AvgIpc) is 2.58. The number of amides is 1. The second kappa shape index (κ2) is 6.88. The average molecular weight is 338 g/mol. The number of para-hydroxylation sites is 1. The van der Waals surface area contributed by atoms with Gasteiger partial charge in [-0.15, -0.1) is 0 Å². The lowest BCUT2D eigenvalue weighted by molar-refractivity contribution is 0.102. The maximum atomic E-state index is 13.1. The molecule has 0 unspecified atom stereocenters. The van der Waals surface area contributed by atoms with Crippen molar-refractivity contribution in [2.24, 2.45) is 0 Å². The number of benzene rings is 2. The Hall–Kier alpha value is -3.61. The molecule has 1 heterocycles. The molecule has 1 amide bonds. The number of phenols is 1. The number of anilines is 4. The van der Waals surface area contributed by atoms with Crippen molar-refractivity contribution in [2.75, 3.05) is 16.4 Å². The van der Waals surface area contributed by atoms with Gasteiger partial charge in [-0.2, -0.15) is 0 Å². The number of aromatic nitrogens is 1. The highest BCUT2D eigenvalue weighted by molar-refractivity contribution is 6.03. The predicted molar refractivity (Wildman–Crippen MR) is 94.4 cm³/mol. The fourth-order valence-corrected chi connectivity index (χ4v) is 2.22. The summed E-state index contributed by atoms with van der Waals surface area (Å²) in [6.45, 7) is 0. The number of phenolic OH excluding ortho intramolecular Hbond substituents is 1. The smallest absolute Gasteiger partial charge is 0.274 e. The third-order valence-electron chi connectivity index (χ3n) is 3.35. The molecule has 7 heteroatoms. The van der Waals surface area contributed by atoms with Crippen molar-refractivity contribution in [3.63, 3.8) is 0 Å². The molecule has 0 saturated heterocycles. The minimum Gasteiger partial charge on any atom is -0.506 e. The molecule has 0 aliphatic carbocycles. The Morgan fingerprint density at radius 1 is 1.04 bits per heavy atom. The number of nitrogens with one attached hydrogen (secondary N) is 2. The van der Waals surface area contributed by atoms with Crippen LogP contribution in [-0.2, 0) is 0 Å². The van der Waals surface area contributed by atoms with Crippen molar-refractivity contribution in [3.05, 3.63) is 72.2 Å². The summed E-state index contributed by atoms with van der Waals surface area (Å²) in [7, 11) is 0. The number of rotatable bonds is 4. The van der Waals surface area contributed by atoms with Crippen molar-refractivity contribution in [2.45, 2.75) is 0 Å². The van der Waals surface area contributed by atoms with Crippen LogP contribution in [0, 0.1) is 5.82 Å². The quantitative estimate of drug-likeness (QED) is 0.546. The van der Waals surface area contributed by atoms with E-state index in [4.69, 9.17) is 5.73 Å². The summed E-state index contributed by atoms with van der Waals surface area (Å²) >= 11 is 0. The van der Waals surface area contributed by atoms with Crippen LogP contribution in [0.25, 0.3) is 0 Å². The molecule has 126 valence electrons. The van der Waals surface area contributed by atoms with Gasteiger partial charge in [0.15, 0.2) is 0 Å².